The second-order valence-electron chi connectivity index (χ2n) is 7.33. The lowest BCUT2D eigenvalue weighted by Gasteiger charge is -2.21. The standard InChI is InChI=1S/C21H22N6O/c22-21(28)18-10-5-11-26(18)13-20-25-16-8-3-4-9-17(16)27(20)12-19-23-14-6-1-2-7-15(14)24-19/h1-4,6-9,18H,5,10-13H2,(H2,22,28)(H,23,24)/t18-/m0/s1. The summed E-state index contributed by atoms with van der Waals surface area (Å²) in [6.07, 6.45) is 1.80. The van der Waals surface area contributed by atoms with Crippen molar-refractivity contribution in [1.82, 2.24) is 24.4 Å². The Balaban J connectivity index is 1.53. The lowest BCUT2D eigenvalue weighted by Crippen LogP contribution is -2.40. The first-order valence-corrected chi connectivity index (χ1v) is 9.60. The minimum atomic E-state index is -0.252. The van der Waals surface area contributed by atoms with Gasteiger partial charge in [0.2, 0.25) is 5.91 Å². The summed E-state index contributed by atoms with van der Waals surface area (Å²) in [5.41, 5.74) is 9.59. The SMILES string of the molecule is NC(=O)[C@@H]1CCCN1Cc1nc2ccccc2n1Cc1nc2ccccc2[nH]1. The highest BCUT2D eigenvalue weighted by Gasteiger charge is 2.30. The van der Waals surface area contributed by atoms with Crippen LogP contribution in [0, 0.1) is 0 Å². The molecule has 0 spiro atoms. The minimum Gasteiger partial charge on any atom is -0.368 e. The highest BCUT2D eigenvalue weighted by molar-refractivity contribution is 5.80. The predicted octanol–water partition coefficient (Wildman–Crippen LogP) is 2.41. The molecule has 0 aliphatic carbocycles. The number of imidazole rings is 2. The number of nitrogens with two attached hydrogens (primary N) is 1. The lowest BCUT2D eigenvalue weighted by molar-refractivity contribution is -0.122. The number of carbonyl (C=O) groups is 1. The Hall–Kier alpha value is -3.19. The van der Waals surface area contributed by atoms with Gasteiger partial charge < -0.3 is 15.3 Å². The maximum atomic E-state index is 11.8. The van der Waals surface area contributed by atoms with E-state index < -0.39 is 0 Å². The van der Waals surface area contributed by atoms with Crippen molar-refractivity contribution in [2.45, 2.75) is 32.0 Å². The molecular weight excluding hydrogens is 352 g/mol. The van der Waals surface area contributed by atoms with Crippen molar-refractivity contribution in [2.24, 2.45) is 5.73 Å². The van der Waals surface area contributed by atoms with Crippen molar-refractivity contribution in [3.05, 3.63) is 60.2 Å². The number of para-hydroxylation sites is 4. The van der Waals surface area contributed by atoms with E-state index in [0.717, 1.165) is 53.1 Å². The van der Waals surface area contributed by atoms with E-state index in [1.165, 1.54) is 0 Å². The summed E-state index contributed by atoms with van der Waals surface area (Å²) < 4.78 is 2.18. The van der Waals surface area contributed by atoms with Crippen LogP contribution in [0.3, 0.4) is 0 Å². The van der Waals surface area contributed by atoms with Crippen molar-refractivity contribution < 1.29 is 4.79 Å². The molecule has 0 unspecified atom stereocenters. The Kier molecular flexibility index (Phi) is 4.09. The van der Waals surface area contributed by atoms with Gasteiger partial charge in [-0.2, -0.15) is 0 Å². The molecule has 1 saturated heterocycles. The van der Waals surface area contributed by atoms with E-state index in [9.17, 15) is 4.79 Å². The van der Waals surface area contributed by atoms with E-state index in [1.807, 2.05) is 42.5 Å². The van der Waals surface area contributed by atoms with Crippen molar-refractivity contribution in [3.8, 4) is 0 Å². The van der Waals surface area contributed by atoms with Crippen LogP contribution in [-0.4, -0.2) is 42.9 Å². The van der Waals surface area contributed by atoms with E-state index in [2.05, 4.69) is 20.5 Å². The summed E-state index contributed by atoms with van der Waals surface area (Å²) in [5, 5.41) is 0. The molecule has 3 heterocycles. The summed E-state index contributed by atoms with van der Waals surface area (Å²) >= 11 is 0. The molecule has 1 fully saturated rings. The predicted molar refractivity (Wildman–Crippen MR) is 108 cm³/mol. The van der Waals surface area contributed by atoms with Gasteiger partial charge in [0.1, 0.15) is 11.6 Å². The molecule has 0 saturated carbocycles. The third-order valence-electron chi connectivity index (χ3n) is 5.52. The number of nitrogens with one attached hydrogen (secondary N) is 1. The zero-order valence-electron chi connectivity index (χ0n) is 15.5. The van der Waals surface area contributed by atoms with Gasteiger partial charge >= 0.3 is 0 Å². The second kappa shape index (κ2) is 6.76. The molecule has 7 nitrogen and oxygen atoms in total. The van der Waals surface area contributed by atoms with Crippen LogP contribution in [0.15, 0.2) is 48.5 Å². The summed E-state index contributed by atoms with van der Waals surface area (Å²) in [7, 11) is 0. The smallest absolute Gasteiger partial charge is 0.234 e. The molecule has 2 aromatic heterocycles. The Morgan fingerprint density at radius 1 is 1.07 bits per heavy atom. The zero-order valence-corrected chi connectivity index (χ0v) is 15.5. The quantitative estimate of drug-likeness (QED) is 0.561. The molecule has 0 radical (unpaired) electrons. The lowest BCUT2D eigenvalue weighted by atomic mass is 10.2. The van der Waals surface area contributed by atoms with Gasteiger partial charge in [0, 0.05) is 0 Å². The first-order chi connectivity index (χ1) is 13.7. The maximum Gasteiger partial charge on any atom is 0.234 e. The summed E-state index contributed by atoms with van der Waals surface area (Å²) in [5.74, 6) is 1.56. The van der Waals surface area contributed by atoms with Gasteiger partial charge in [0.05, 0.1) is 41.2 Å². The third kappa shape index (κ3) is 2.93. The molecule has 2 aromatic carbocycles. The van der Waals surface area contributed by atoms with Gasteiger partial charge in [-0.3, -0.25) is 9.69 Å². The Bertz CT molecular complexity index is 1130. The fraction of sp³-hybridized carbons (Fsp3) is 0.286. The average Bonchev–Trinajstić information content (AvgIpc) is 3.39. The number of likely N-dealkylation sites (tertiary alicyclic amines) is 1. The van der Waals surface area contributed by atoms with E-state index in [-0.39, 0.29) is 11.9 Å². The molecule has 3 N–H and O–H groups in total. The van der Waals surface area contributed by atoms with Crippen LogP contribution in [0.2, 0.25) is 0 Å². The number of benzene rings is 2. The van der Waals surface area contributed by atoms with Gasteiger partial charge in [-0.15, -0.1) is 0 Å². The van der Waals surface area contributed by atoms with Gasteiger partial charge in [-0.1, -0.05) is 24.3 Å². The number of nitrogens with zero attached hydrogens (tertiary/aromatic N) is 4. The van der Waals surface area contributed by atoms with Gasteiger partial charge in [-0.05, 0) is 43.7 Å². The monoisotopic (exact) mass is 374 g/mol. The fourth-order valence-corrected chi connectivity index (χ4v) is 4.17. The number of aromatic nitrogens is 4. The largest absolute Gasteiger partial charge is 0.368 e. The normalized spacial score (nSPS) is 17.6. The molecule has 4 aromatic rings. The molecule has 1 atom stereocenters. The van der Waals surface area contributed by atoms with Crippen LogP contribution in [-0.2, 0) is 17.9 Å². The maximum absolute atomic E-state index is 11.8. The van der Waals surface area contributed by atoms with E-state index in [4.69, 9.17) is 15.7 Å². The molecular formula is C21H22N6O. The second-order valence-corrected chi connectivity index (χ2v) is 7.33. The highest BCUT2D eigenvalue weighted by atomic mass is 16.1. The number of amides is 1. The van der Waals surface area contributed by atoms with Crippen LogP contribution < -0.4 is 5.73 Å². The van der Waals surface area contributed by atoms with Gasteiger partial charge in [-0.25, -0.2) is 9.97 Å². The highest BCUT2D eigenvalue weighted by Crippen LogP contribution is 2.23. The molecule has 7 heteroatoms. The summed E-state index contributed by atoms with van der Waals surface area (Å²) in [4.78, 5) is 26.9. The van der Waals surface area contributed by atoms with Crippen LogP contribution in [0.4, 0.5) is 0 Å². The van der Waals surface area contributed by atoms with E-state index in [0.29, 0.717) is 13.1 Å². The van der Waals surface area contributed by atoms with Crippen LogP contribution in [0.5, 0.6) is 0 Å². The topological polar surface area (TPSA) is 92.8 Å². The van der Waals surface area contributed by atoms with Crippen molar-refractivity contribution in [3.63, 3.8) is 0 Å². The first kappa shape index (κ1) is 16.9. The van der Waals surface area contributed by atoms with Crippen molar-refractivity contribution in [2.75, 3.05) is 6.54 Å². The number of H-pyrrole nitrogens is 1. The minimum absolute atomic E-state index is 0.209. The van der Waals surface area contributed by atoms with Crippen LogP contribution in [0.1, 0.15) is 24.5 Å². The average molecular weight is 374 g/mol. The number of rotatable bonds is 5. The number of hydrogen-bond acceptors (Lipinski definition) is 4. The van der Waals surface area contributed by atoms with E-state index >= 15 is 0 Å². The Labute approximate surface area is 162 Å². The number of fused-ring (bicyclic) bond motifs is 2. The molecule has 1 amide bonds. The van der Waals surface area contributed by atoms with Gasteiger partial charge in [0.15, 0.2) is 0 Å². The number of carbonyl (C=O) groups excluding carboxylic acids is 1. The van der Waals surface area contributed by atoms with Gasteiger partial charge in [0.25, 0.3) is 0 Å². The van der Waals surface area contributed by atoms with Crippen molar-refractivity contribution >= 4 is 28.0 Å². The Morgan fingerprint density at radius 2 is 1.86 bits per heavy atom. The zero-order chi connectivity index (χ0) is 19.1. The first-order valence-electron chi connectivity index (χ1n) is 9.60. The molecule has 142 valence electrons. The fourth-order valence-electron chi connectivity index (χ4n) is 4.17. The number of aromatic amines is 1. The molecule has 1 aliphatic heterocycles. The van der Waals surface area contributed by atoms with E-state index in [1.54, 1.807) is 0 Å². The molecule has 1 aliphatic rings. The number of hydrogen-bond donors (Lipinski definition) is 2. The molecule has 0 bridgehead atoms. The molecule has 28 heavy (non-hydrogen) atoms. The summed E-state index contributed by atoms with van der Waals surface area (Å²) in [6.45, 7) is 2.06. The summed E-state index contributed by atoms with van der Waals surface area (Å²) in [6, 6.07) is 15.9. The van der Waals surface area contributed by atoms with Crippen LogP contribution in [0.25, 0.3) is 22.1 Å². The van der Waals surface area contributed by atoms with Crippen molar-refractivity contribution in [1.29, 1.82) is 0 Å². The Morgan fingerprint density at radius 3 is 2.68 bits per heavy atom. The molecule has 5 rings (SSSR count). The third-order valence-corrected chi connectivity index (χ3v) is 5.52. The number of primary amides is 1. The van der Waals surface area contributed by atoms with Crippen LogP contribution >= 0.6 is 0 Å².